The van der Waals surface area contributed by atoms with E-state index >= 15 is 0 Å². The number of hydrogen-bond donors (Lipinski definition) is 1. The molecule has 106 valence electrons. The number of nitrogens with one attached hydrogen (secondary N) is 1. The lowest BCUT2D eigenvalue weighted by Gasteiger charge is -2.38. The summed E-state index contributed by atoms with van der Waals surface area (Å²) in [5, 5.41) is 3.35. The van der Waals surface area contributed by atoms with Gasteiger partial charge in [-0.2, -0.15) is 13.2 Å². The largest absolute Gasteiger partial charge is 0.418 e. The number of piperazine rings is 1. The predicted octanol–water partition coefficient (Wildman–Crippen LogP) is 3.14. The van der Waals surface area contributed by atoms with Gasteiger partial charge in [-0.15, -0.1) is 0 Å². The van der Waals surface area contributed by atoms with Gasteiger partial charge in [-0.25, -0.2) is 0 Å². The standard InChI is InChI=1S/C14H19F3N2/c1-10(2)12-9-19(8-7-18-12)13-6-4-3-5-11(13)14(15,16)17/h3-6,10,12,18H,7-9H2,1-2H3. The Labute approximate surface area is 111 Å². The average Bonchev–Trinajstić information content (AvgIpc) is 2.38. The summed E-state index contributed by atoms with van der Waals surface area (Å²) in [4.78, 5) is 1.84. The fourth-order valence-corrected chi connectivity index (χ4v) is 2.43. The van der Waals surface area contributed by atoms with E-state index in [1.807, 2.05) is 4.90 Å². The zero-order valence-electron chi connectivity index (χ0n) is 11.2. The van der Waals surface area contributed by atoms with Crippen LogP contribution in [-0.4, -0.2) is 25.7 Å². The second-order valence-corrected chi connectivity index (χ2v) is 5.27. The van der Waals surface area contributed by atoms with Crippen LogP contribution in [0.3, 0.4) is 0 Å². The Bertz CT molecular complexity index is 429. The van der Waals surface area contributed by atoms with Crippen molar-refractivity contribution in [1.82, 2.24) is 5.32 Å². The zero-order chi connectivity index (χ0) is 14.0. The van der Waals surface area contributed by atoms with Gasteiger partial charge in [0.25, 0.3) is 0 Å². The third-order valence-corrected chi connectivity index (χ3v) is 3.56. The van der Waals surface area contributed by atoms with Gasteiger partial charge in [0.1, 0.15) is 0 Å². The minimum absolute atomic E-state index is 0.232. The molecule has 0 radical (unpaired) electrons. The van der Waals surface area contributed by atoms with Crippen molar-refractivity contribution >= 4 is 5.69 Å². The van der Waals surface area contributed by atoms with Crippen LogP contribution in [0.2, 0.25) is 0 Å². The molecular formula is C14H19F3N2. The summed E-state index contributed by atoms with van der Waals surface area (Å²) in [7, 11) is 0. The molecule has 1 heterocycles. The summed E-state index contributed by atoms with van der Waals surface area (Å²) in [5.74, 6) is 0.404. The Balaban J connectivity index is 2.27. The summed E-state index contributed by atoms with van der Waals surface area (Å²) in [6, 6.07) is 6.05. The van der Waals surface area contributed by atoms with Gasteiger partial charge >= 0.3 is 6.18 Å². The first-order chi connectivity index (χ1) is 8.89. The maximum absolute atomic E-state index is 13.0. The van der Waals surface area contributed by atoms with Crippen LogP contribution in [0.4, 0.5) is 18.9 Å². The lowest BCUT2D eigenvalue weighted by Crippen LogP contribution is -2.53. The molecule has 1 aliphatic rings. The molecule has 0 spiro atoms. The van der Waals surface area contributed by atoms with Gasteiger partial charge in [0.05, 0.1) is 5.56 Å². The SMILES string of the molecule is CC(C)C1CN(c2ccccc2C(F)(F)F)CCN1. The lowest BCUT2D eigenvalue weighted by molar-refractivity contribution is -0.137. The molecule has 1 N–H and O–H groups in total. The van der Waals surface area contributed by atoms with Crippen molar-refractivity contribution in [2.75, 3.05) is 24.5 Å². The van der Waals surface area contributed by atoms with Crippen LogP contribution >= 0.6 is 0 Å². The summed E-state index contributed by atoms with van der Waals surface area (Å²) in [6.45, 7) is 6.10. The van der Waals surface area contributed by atoms with E-state index in [9.17, 15) is 13.2 Å². The Kier molecular flexibility index (Phi) is 4.04. The minimum Gasteiger partial charge on any atom is -0.368 e. The minimum atomic E-state index is -4.30. The molecule has 1 aromatic rings. The van der Waals surface area contributed by atoms with Crippen molar-refractivity contribution in [3.05, 3.63) is 29.8 Å². The van der Waals surface area contributed by atoms with Crippen molar-refractivity contribution in [3.8, 4) is 0 Å². The maximum Gasteiger partial charge on any atom is 0.418 e. The molecule has 1 saturated heterocycles. The van der Waals surface area contributed by atoms with E-state index in [1.165, 1.54) is 6.07 Å². The molecule has 2 nitrogen and oxygen atoms in total. The van der Waals surface area contributed by atoms with E-state index in [2.05, 4.69) is 19.2 Å². The molecule has 5 heteroatoms. The van der Waals surface area contributed by atoms with Crippen LogP contribution < -0.4 is 10.2 Å². The first-order valence-corrected chi connectivity index (χ1v) is 6.54. The summed E-state index contributed by atoms with van der Waals surface area (Å²) < 4.78 is 39.1. The predicted molar refractivity (Wildman–Crippen MR) is 70.3 cm³/mol. The number of anilines is 1. The molecule has 1 fully saturated rings. The van der Waals surface area contributed by atoms with Gasteiger partial charge in [0, 0.05) is 31.4 Å². The highest BCUT2D eigenvalue weighted by atomic mass is 19.4. The molecule has 1 aromatic carbocycles. The molecule has 0 aromatic heterocycles. The van der Waals surface area contributed by atoms with Crippen LogP contribution in [-0.2, 0) is 6.18 Å². The van der Waals surface area contributed by atoms with E-state index in [0.29, 0.717) is 24.7 Å². The average molecular weight is 272 g/mol. The van der Waals surface area contributed by atoms with E-state index in [4.69, 9.17) is 0 Å². The van der Waals surface area contributed by atoms with Crippen LogP contribution in [0.1, 0.15) is 19.4 Å². The van der Waals surface area contributed by atoms with Crippen molar-refractivity contribution in [2.45, 2.75) is 26.1 Å². The summed E-state index contributed by atoms with van der Waals surface area (Å²) in [6.07, 6.45) is -4.30. The third kappa shape index (κ3) is 3.21. The van der Waals surface area contributed by atoms with Gasteiger partial charge in [-0.05, 0) is 18.1 Å². The van der Waals surface area contributed by atoms with Gasteiger partial charge in [0.15, 0.2) is 0 Å². The molecular weight excluding hydrogens is 253 g/mol. The van der Waals surface area contributed by atoms with Crippen LogP contribution in [0.5, 0.6) is 0 Å². The quantitative estimate of drug-likeness (QED) is 0.889. The highest BCUT2D eigenvalue weighted by Crippen LogP contribution is 2.36. The molecule has 1 atom stereocenters. The molecule has 0 aliphatic carbocycles. The summed E-state index contributed by atoms with van der Waals surface area (Å²) in [5.41, 5.74) is -0.249. The number of alkyl halides is 3. The Hall–Kier alpha value is -1.23. The molecule has 0 bridgehead atoms. The van der Waals surface area contributed by atoms with Gasteiger partial charge in [0.2, 0.25) is 0 Å². The Morgan fingerprint density at radius 2 is 1.95 bits per heavy atom. The number of benzene rings is 1. The molecule has 0 saturated carbocycles. The smallest absolute Gasteiger partial charge is 0.368 e. The van der Waals surface area contributed by atoms with Crippen molar-refractivity contribution in [3.63, 3.8) is 0 Å². The number of hydrogen-bond acceptors (Lipinski definition) is 2. The first kappa shape index (κ1) is 14.2. The Morgan fingerprint density at radius 1 is 1.26 bits per heavy atom. The number of para-hydroxylation sites is 1. The number of nitrogens with zero attached hydrogens (tertiary/aromatic N) is 1. The van der Waals surface area contributed by atoms with E-state index in [-0.39, 0.29) is 6.04 Å². The topological polar surface area (TPSA) is 15.3 Å². The van der Waals surface area contributed by atoms with E-state index in [0.717, 1.165) is 12.6 Å². The molecule has 0 amide bonds. The molecule has 1 unspecified atom stereocenters. The van der Waals surface area contributed by atoms with E-state index < -0.39 is 11.7 Å². The zero-order valence-corrected chi connectivity index (χ0v) is 11.2. The Morgan fingerprint density at radius 3 is 2.58 bits per heavy atom. The van der Waals surface area contributed by atoms with Crippen molar-refractivity contribution in [1.29, 1.82) is 0 Å². The van der Waals surface area contributed by atoms with Gasteiger partial charge in [-0.3, -0.25) is 0 Å². The highest BCUT2D eigenvalue weighted by Gasteiger charge is 2.35. The van der Waals surface area contributed by atoms with Crippen molar-refractivity contribution < 1.29 is 13.2 Å². The van der Waals surface area contributed by atoms with E-state index in [1.54, 1.807) is 12.1 Å². The molecule has 2 rings (SSSR count). The number of halogens is 3. The molecule has 1 aliphatic heterocycles. The summed E-state index contributed by atoms with van der Waals surface area (Å²) >= 11 is 0. The van der Waals surface area contributed by atoms with Crippen LogP contribution in [0.15, 0.2) is 24.3 Å². The fraction of sp³-hybridized carbons (Fsp3) is 0.571. The highest BCUT2D eigenvalue weighted by molar-refractivity contribution is 5.55. The van der Waals surface area contributed by atoms with Crippen molar-refractivity contribution in [2.24, 2.45) is 5.92 Å². The van der Waals surface area contributed by atoms with Crippen LogP contribution in [0.25, 0.3) is 0 Å². The normalized spacial score (nSPS) is 20.9. The van der Waals surface area contributed by atoms with Gasteiger partial charge in [-0.1, -0.05) is 26.0 Å². The number of rotatable bonds is 2. The monoisotopic (exact) mass is 272 g/mol. The first-order valence-electron chi connectivity index (χ1n) is 6.54. The molecule has 19 heavy (non-hydrogen) atoms. The maximum atomic E-state index is 13.0. The lowest BCUT2D eigenvalue weighted by atomic mass is 10.0. The second kappa shape index (κ2) is 5.41. The van der Waals surface area contributed by atoms with Crippen LogP contribution in [0, 0.1) is 5.92 Å². The second-order valence-electron chi connectivity index (χ2n) is 5.27. The fourth-order valence-electron chi connectivity index (χ4n) is 2.43. The third-order valence-electron chi connectivity index (χ3n) is 3.56. The van der Waals surface area contributed by atoms with Gasteiger partial charge < -0.3 is 10.2 Å².